The Labute approximate surface area is 82.0 Å². The van der Waals surface area contributed by atoms with E-state index in [-0.39, 0.29) is 11.4 Å². The normalized spacial score (nSPS) is 19.9. The van der Waals surface area contributed by atoms with Gasteiger partial charge in [-0.15, -0.1) is 0 Å². The lowest BCUT2D eigenvalue weighted by Gasteiger charge is -2.16. The van der Waals surface area contributed by atoms with Crippen molar-refractivity contribution in [3.63, 3.8) is 0 Å². The Morgan fingerprint density at radius 2 is 2.43 bits per heavy atom. The molecule has 2 aliphatic heterocycles. The molecule has 0 amide bonds. The van der Waals surface area contributed by atoms with Crippen molar-refractivity contribution in [1.82, 2.24) is 4.90 Å². The third kappa shape index (κ3) is 1.24. The first-order valence-electron chi connectivity index (χ1n) is 3.96. The summed E-state index contributed by atoms with van der Waals surface area (Å²) in [5.41, 5.74) is 0.914. The van der Waals surface area contributed by atoms with Gasteiger partial charge in [-0.05, 0) is 12.5 Å². The summed E-state index contributed by atoms with van der Waals surface area (Å²) in [6.07, 6.45) is 3.32. The van der Waals surface area contributed by atoms with E-state index < -0.39 is 15.9 Å². The molecule has 0 radical (unpaired) electrons. The smallest absolute Gasteiger partial charge is 0.346 e. The molecule has 0 atom stereocenters. The van der Waals surface area contributed by atoms with E-state index in [4.69, 9.17) is 5.11 Å². The lowest BCUT2D eigenvalue weighted by Crippen LogP contribution is -2.28. The highest BCUT2D eigenvalue weighted by Gasteiger charge is 2.25. The Morgan fingerprint density at radius 1 is 1.71 bits per heavy atom. The van der Waals surface area contributed by atoms with Crippen molar-refractivity contribution in [2.45, 2.75) is 6.92 Å². The largest absolute Gasteiger partial charge is 0.477 e. The molecule has 0 aromatic heterocycles. The van der Waals surface area contributed by atoms with Gasteiger partial charge in [0.05, 0.1) is 16.5 Å². The van der Waals surface area contributed by atoms with E-state index in [1.807, 2.05) is 6.92 Å². The molecular formula is C8H8N2O3S. The lowest BCUT2D eigenvalue weighted by molar-refractivity contribution is -0.129. The van der Waals surface area contributed by atoms with Crippen molar-refractivity contribution in [2.75, 3.05) is 6.54 Å². The molecule has 0 aliphatic carbocycles. The predicted molar refractivity (Wildman–Crippen MR) is 54.7 cm³/mol. The van der Waals surface area contributed by atoms with Crippen molar-refractivity contribution in [3.8, 4) is 0 Å². The number of aliphatic carboxylic acids is 1. The van der Waals surface area contributed by atoms with Crippen LogP contribution < -0.4 is 0 Å². The number of rotatable bonds is 1. The molecule has 2 heterocycles. The summed E-state index contributed by atoms with van der Waals surface area (Å²) in [5.74, 6) is -1.12. The van der Waals surface area contributed by atoms with Crippen LogP contribution in [0.2, 0.25) is 0 Å². The number of hydrogen-bond acceptors (Lipinski definition) is 4. The van der Waals surface area contributed by atoms with Crippen LogP contribution in [0.25, 0.3) is 0 Å². The first-order chi connectivity index (χ1) is 6.59. The monoisotopic (exact) mass is 212 g/mol. The van der Waals surface area contributed by atoms with Crippen LogP contribution in [0.5, 0.6) is 0 Å². The van der Waals surface area contributed by atoms with Crippen LogP contribution >= 0.6 is 0 Å². The molecule has 6 heteroatoms. The van der Waals surface area contributed by atoms with Crippen molar-refractivity contribution in [1.29, 1.82) is 0 Å². The fourth-order valence-electron chi connectivity index (χ4n) is 1.30. The number of allylic oxidation sites excluding steroid dienone is 1. The molecule has 0 fully saturated rings. The first-order valence-corrected chi connectivity index (χ1v) is 5.11. The Morgan fingerprint density at radius 3 is 3.07 bits per heavy atom. The predicted octanol–water partition coefficient (Wildman–Crippen LogP) is -0.617. The minimum Gasteiger partial charge on any atom is -0.477 e. The molecule has 5 nitrogen and oxygen atoms in total. The van der Waals surface area contributed by atoms with Gasteiger partial charge in [-0.3, -0.25) is 0 Å². The fourth-order valence-corrected chi connectivity index (χ4v) is 2.42. The van der Waals surface area contributed by atoms with E-state index in [0.29, 0.717) is 5.11 Å². The van der Waals surface area contributed by atoms with Gasteiger partial charge in [-0.2, -0.15) is 0 Å². The van der Waals surface area contributed by atoms with E-state index in [0.717, 1.165) is 5.57 Å². The summed E-state index contributed by atoms with van der Waals surface area (Å²) in [5, 5.41) is 9.07. The SMILES string of the molecule is CC1=CN2CC(C(=O)O)=S(=O)=C2N=C1. The molecule has 0 aromatic carbocycles. The number of carboxylic acid groups (broad SMARTS) is 1. The van der Waals surface area contributed by atoms with Crippen LogP contribution in [0.1, 0.15) is 6.92 Å². The van der Waals surface area contributed by atoms with Gasteiger partial charge in [0.25, 0.3) is 0 Å². The summed E-state index contributed by atoms with van der Waals surface area (Å²) in [7, 11) is -1.60. The average molecular weight is 212 g/mol. The van der Waals surface area contributed by atoms with Gasteiger partial charge in [0.1, 0.15) is 4.86 Å². The third-order valence-electron chi connectivity index (χ3n) is 1.93. The van der Waals surface area contributed by atoms with Gasteiger partial charge in [0, 0.05) is 12.4 Å². The highest BCUT2D eigenvalue weighted by atomic mass is 32.1. The van der Waals surface area contributed by atoms with E-state index in [2.05, 4.69) is 4.99 Å². The van der Waals surface area contributed by atoms with Crippen molar-refractivity contribution >= 4 is 32.1 Å². The van der Waals surface area contributed by atoms with Crippen LogP contribution in [-0.2, 0) is 14.8 Å². The molecule has 74 valence electrons. The first kappa shape index (κ1) is 9.01. The van der Waals surface area contributed by atoms with Crippen molar-refractivity contribution in [2.24, 2.45) is 4.99 Å². The molecule has 0 aromatic rings. The van der Waals surface area contributed by atoms with Gasteiger partial charge < -0.3 is 10.0 Å². The summed E-state index contributed by atoms with van der Waals surface area (Å²) in [4.78, 5) is 16.2. The van der Waals surface area contributed by atoms with Crippen molar-refractivity contribution < 1.29 is 14.1 Å². The Kier molecular flexibility index (Phi) is 1.92. The van der Waals surface area contributed by atoms with Crippen LogP contribution in [0.4, 0.5) is 0 Å². The zero-order valence-corrected chi connectivity index (χ0v) is 8.24. The van der Waals surface area contributed by atoms with Crippen LogP contribution in [0, 0.1) is 0 Å². The zero-order valence-electron chi connectivity index (χ0n) is 7.43. The second kappa shape index (κ2) is 2.98. The van der Waals surface area contributed by atoms with E-state index in [1.165, 1.54) is 0 Å². The maximum Gasteiger partial charge on any atom is 0.346 e. The standard InChI is InChI=1S/C8H8N2O3S/c1-5-2-9-8-10(3-5)4-6(7(11)12)14(8)13/h2-3H,4H2,1H3,(H,11,12). The molecule has 1 N–H and O–H groups in total. The van der Waals surface area contributed by atoms with Crippen molar-refractivity contribution in [3.05, 3.63) is 11.8 Å². The topological polar surface area (TPSA) is 70.0 Å². The molecule has 2 aliphatic rings. The van der Waals surface area contributed by atoms with E-state index >= 15 is 0 Å². The number of carboxylic acids is 1. The Bertz CT molecular complexity index is 513. The summed E-state index contributed by atoms with van der Waals surface area (Å²) in [6.45, 7) is 2.01. The maximum atomic E-state index is 11.6. The second-order valence-corrected chi connectivity index (χ2v) is 4.43. The summed E-state index contributed by atoms with van der Waals surface area (Å²) < 4.78 is 11.6. The Balaban J connectivity index is 2.54. The number of aliphatic imine (C=N–C) groups is 1. The quantitative estimate of drug-likeness (QED) is 0.588. The molecule has 0 saturated heterocycles. The van der Waals surface area contributed by atoms with Gasteiger partial charge in [-0.25, -0.2) is 14.0 Å². The van der Waals surface area contributed by atoms with Crippen LogP contribution in [0.15, 0.2) is 16.8 Å². The molecule has 0 bridgehead atoms. The molecule has 0 spiro atoms. The zero-order chi connectivity index (χ0) is 10.3. The fraction of sp³-hybridized carbons (Fsp3) is 0.250. The van der Waals surface area contributed by atoms with Crippen LogP contribution in [-0.4, -0.2) is 42.9 Å². The highest BCUT2D eigenvalue weighted by molar-refractivity contribution is 7.86. The lowest BCUT2D eigenvalue weighted by atomic mass is 10.3. The molecule has 0 saturated carbocycles. The number of fused-ring (bicyclic) bond motifs is 1. The summed E-state index contributed by atoms with van der Waals surface area (Å²) in [6, 6.07) is 0. The number of nitrogens with zero attached hydrogens (tertiary/aromatic N) is 2. The molecule has 2 rings (SSSR count). The highest BCUT2D eigenvalue weighted by Crippen LogP contribution is 2.09. The minimum atomic E-state index is -1.60. The average Bonchev–Trinajstić information content (AvgIpc) is 2.43. The van der Waals surface area contributed by atoms with Gasteiger partial charge >= 0.3 is 5.97 Å². The minimum absolute atomic E-state index is 0.0110. The van der Waals surface area contributed by atoms with E-state index in [9.17, 15) is 9.00 Å². The van der Waals surface area contributed by atoms with Gasteiger partial charge in [-0.1, -0.05) is 0 Å². The number of carbonyl (C=O) groups is 1. The van der Waals surface area contributed by atoms with Gasteiger partial charge in [0.15, 0.2) is 0 Å². The second-order valence-electron chi connectivity index (χ2n) is 3.04. The maximum absolute atomic E-state index is 11.6. The molecule has 0 unspecified atom stereocenters. The van der Waals surface area contributed by atoms with E-state index in [1.54, 1.807) is 17.3 Å². The molecular weight excluding hydrogens is 204 g/mol. The van der Waals surface area contributed by atoms with Gasteiger partial charge in [0.2, 0.25) is 5.11 Å². The third-order valence-corrected chi connectivity index (χ3v) is 3.35. The Hall–Kier alpha value is -1.56. The van der Waals surface area contributed by atoms with Crippen LogP contribution in [0.3, 0.4) is 0 Å². The molecule has 14 heavy (non-hydrogen) atoms. The summed E-state index contributed by atoms with van der Waals surface area (Å²) >= 11 is 0. The number of hydrogen-bond donors (Lipinski definition) is 1.